The molecule has 0 atom stereocenters. The van der Waals surface area contributed by atoms with Gasteiger partial charge in [-0.15, -0.1) is 0 Å². The highest BCUT2D eigenvalue weighted by molar-refractivity contribution is 5.77. The molecule has 2 heterocycles. The summed E-state index contributed by atoms with van der Waals surface area (Å²) in [5, 5.41) is 7.80. The van der Waals surface area contributed by atoms with Gasteiger partial charge in [0.25, 0.3) is 0 Å². The van der Waals surface area contributed by atoms with E-state index in [1.165, 1.54) is 7.11 Å². The van der Waals surface area contributed by atoms with Gasteiger partial charge in [-0.2, -0.15) is 4.98 Å². The highest BCUT2D eigenvalue weighted by Crippen LogP contribution is 2.29. The van der Waals surface area contributed by atoms with Crippen LogP contribution in [0.25, 0.3) is 0 Å². The van der Waals surface area contributed by atoms with Crippen LogP contribution in [0.5, 0.6) is 5.75 Å². The maximum absolute atomic E-state index is 14.3. The number of methoxy groups -OCH3 is 1. The summed E-state index contributed by atoms with van der Waals surface area (Å²) in [4.78, 5) is 19.9. The first-order chi connectivity index (χ1) is 15.9. The molecule has 1 aliphatic rings. The van der Waals surface area contributed by atoms with E-state index in [9.17, 15) is 9.18 Å². The molecule has 0 bridgehead atoms. The zero-order chi connectivity index (χ0) is 23.4. The molecule has 9 nitrogen and oxygen atoms in total. The van der Waals surface area contributed by atoms with Gasteiger partial charge < -0.3 is 20.1 Å². The second-order valence-corrected chi connectivity index (χ2v) is 7.67. The van der Waals surface area contributed by atoms with E-state index >= 15 is 0 Å². The third-order valence-corrected chi connectivity index (χ3v) is 4.83. The zero-order valence-corrected chi connectivity index (χ0v) is 18.6. The second-order valence-electron chi connectivity index (χ2n) is 7.67. The Hall–Kier alpha value is -3.92. The third kappa shape index (κ3) is 5.47. The van der Waals surface area contributed by atoms with Crippen molar-refractivity contribution >= 4 is 34.8 Å². The molecule has 3 N–H and O–H groups in total. The van der Waals surface area contributed by atoms with Crippen molar-refractivity contribution in [3.63, 3.8) is 0 Å². The van der Waals surface area contributed by atoms with Gasteiger partial charge >= 0.3 is 5.97 Å². The van der Waals surface area contributed by atoms with Crippen molar-refractivity contribution < 1.29 is 18.7 Å². The summed E-state index contributed by atoms with van der Waals surface area (Å²) >= 11 is 0. The van der Waals surface area contributed by atoms with Crippen LogP contribution in [0.4, 0.5) is 33.2 Å². The topological polar surface area (TPSA) is 101 Å². The number of hydrogen-bond donors (Lipinski definition) is 3. The summed E-state index contributed by atoms with van der Waals surface area (Å²) in [5.74, 6) is 0.129. The first-order valence-electron chi connectivity index (χ1n) is 10.5. The summed E-state index contributed by atoms with van der Waals surface area (Å²) in [6.45, 7) is 4.58. The Morgan fingerprint density at radius 1 is 1.18 bits per heavy atom. The molecule has 0 amide bonds. The van der Waals surface area contributed by atoms with Crippen LogP contribution in [-0.4, -0.2) is 35.7 Å². The van der Waals surface area contributed by atoms with Crippen LogP contribution in [0.3, 0.4) is 0 Å². The number of hydrazine groups is 1. The number of rotatable bonds is 8. The smallest absolute Gasteiger partial charge is 0.326 e. The number of anilines is 5. The lowest BCUT2D eigenvalue weighted by Crippen LogP contribution is -2.37. The standard InChI is InChI=1S/C23H25FN6O3/c1-14(2)33-18-7-4-16(5-8-18)27-22-19(24)12-25-23(29-22)28-17-6-9-20-15(10-17)11-26-30(20)13-21(31)32-3/h4-10,12,14,26H,11,13H2,1-3H3,(H2,25,27,28,29). The number of hydrogen-bond acceptors (Lipinski definition) is 9. The Morgan fingerprint density at radius 3 is 2.67 bits per heavy atom. The second kappa shape index (κ2) is 9.70. The molecule has 0 unspecified atom stereocenters. The van der Waals surface area contributed by atoms with Crippen molar-refractivity contribution in [2.45, 2.75) is 26.5 Å². The average molecular weight is 452 g/mol. The maximum atomic E-state index is 14.3. The molecule has 4 rings (SSSR count). The number of fused-ring (bicyclic) bond motifs is 1. The average Bonchev–Trinajstić information content (AvgIpc) is 3.18. The normalized spacial score (nSPS) is 12.5. The summed E-state index contributed by atoms with van der Waals surface area (Å²) in [7, 11) is 1.36. The van der Waals surface area contributed by atoms with Crippen molar-refractivity contribution in [2.75, 3.05) is 29.3 Å². The number of halogens is 1. The summed E-state index contributed by atoms with van der Waals surface area (Å²) < 4.78 is 24.7. The van der Waals surface area contributed by atoms with Gasteiger partial charge in [-0.1, -0.05) is 0 Å². The Labute approximate surface area is 190 Å². The quantitative estimate of drug-likeness (QED) is 0.440. The van der Waals surface area contributed by atoms with Crippen molar-refractivity contribution in [1.82, 2.24) is 15.4 Å². The van der Waals surface area contributed by atoms with Crippen LogP contribution < -0.4 is 25.8 Å². The van der Waals surface area contributed by atoms with Gasteiger partial charge in [0.1, 0.15) is 12.3 Å². The van der Waals surface area contributed by atoms with Gasteiger partial charge in [0, 0.05) is 17.9 Å². The van der Waals surface area contributed by atoms with E-state index in [1.54, 1.807) is 17.1 Å². The monoisotopic (exact) mass is 452 g/mol. The lowest BCUT2D eigenvalue weighted by Gasteiger charge is -2.17. The van der Waals surface area contributed by atoms with Gasteiger partial charge in [0.15, 0.2) is 11.6 Å². The predicted octanol–water partition coefficient (Wildman–Crippen LogP) is 3.89. The van der Waals surface area contributed by atoms with E-state index in [0.717, 1.165) is 28.9 Å². The maximum Gasteiger partial charge on any atom is 0.326 e. The van der Waals surface area contributed by atoms with Crippen molar-refractivity contribution in [2.24, 2.45) is 0 Å². The minimum absolute atomic E-state index is 0.0529. The molecule has 3 aromatic rings. The minimum Gasteiger partial charge on any atom is -0.491 e. The molecule has 10 heteroatoms. The van der Waals surface area contributed by atoms with Crippen LogP contribution in [0.2, 0.25) is 0 Å². The number of aromatic nitrogens is 2. The fourth-order valence-corrected chi connectivity index (χ4v) is 3.34. The molecule has 1 aromatic heterocycles. The molecule has 1 aliphatic heterocycles. The SMILES string of the molecule is COC(=O)CN1NCc2cc(Nc3ncc(F)c(Nc4ccc(OC(C)C)cc4)n3)ccc21. The van der Waals surface area contributed by atoms with Crippen molar-refractivity contribution in [3.8, 4) is 5.75 Å². The lowest BCUT2D eigenvalue weighted by molar-refractivity contribution is -0.139. The number of ether oxygens (including phenoxy) is 2. The zero-order valence-electron chi connectivity index (χ0n) is 18.6. The molecule has 0 saturated heterocycles. The summed E-state index contributed by atoms with van der Waals surface area (Å²) in [6.07, 6.45) is 1.18. The van der Waals surface area contributed by atoms with Gasteiger partial charge in [0.05, 0.1) is 25.1 Å². The van der Waals surface area contributed by atoms with E-state index in [1.807, 2.05) is 44.2 Å². The molecular formula is C23H25FN6O3. The Morgan fingerprint density at radius 2 is 1.94 bits per heavy atom. The number of benzene rings is 2. The molecule has 0 spiro atoms. The van der Waals surface area contributed by atoms with Gasteiger partial charge in [-0.25, -0.2) is 14.8 Å². The fourth-order valence-electron chi connectivity index (χ4n) is 3.34. The van der Waals surface area contributed by atoms with Gasteiger partial charge in [0.2, 0.25) is 5.95 Å². The van der Waals surface area contributed by atoms with Gasteiger partial charge in [-0.3, -0.25) is 9.80 Å². The summed E-state index contributed by atoms with van der Waals surface area (Å²) in [6, 6.07) is 12.8. The summed E-state index contributed by atoms with van der Waals surface area (Å²) in [5.41, 5.74) is 6.43. The van der Waals surface area contributed by atoms with Crippen LogP contribution in [0, 0.1) is 5.82 Å². The molecule has 0 radical (unpaired) electrons. The van der Waals surface area contributed by atoms with E-state index in [4.69, 9.17) is 9.47 Å². The third-order valence-electron chi connectivity index (χ3n) is 4.83. The van der Waals surface area contributed by atoms with Crippen LogP contribution in [-0.2, 0) is 16.1 Å². The number of nitrogens with one attached hydrogen (secondary N) is 3. The first kappa shape index (κ1) is 22.3. The fraction of sp³-hybridized carbons (Fsp3) is 0.261. The molecule has 33 heavy (non-hydrogen) atoms. The van der Waals surface area contributed by atoms with Crippen LogP contribution >= 0.6 is 0 Å². The minimum atomic E-state index is -0.570. The number of carbonyl (C=O) groups excluding carboxylic acids is 1. The first-order valence-corrected chi connectivity index (χ1v) is 10.5. The van der Waals surface area contributed by atoms with E-state index < -0.39 is 5.82 Å². The largest absolute Gasteiger partial charge is 0.491 e. The number of nitrogens with zero attached hydrogens (tertiary/aromatic N) is 3. The van der Waals surface area contributed by atoms with Crippen molar-refractivity contribution in [3.05, 3.63) is 60.0 Å². The van der Waals surface area contributed by atoms with Crippen LogP contribution in [0.15, 0.2) is 48.7 Å². The predicted molar refractivity (Wildman–Crippen MR) is 123 cm³/mol. The van der Waals surface area contributed by atoms with E-state index in [0.29, 0.717) is 12.2 Å². The Bertz CT molecular complexity index is 1140. The molecule has 172 valence electrons. The number of esters is 1. The highest BCUT2D eigenvalue weighted by atomic mass is 19.1. The molecule has 0 saturated carbocycles. The van der Waals surface area contributed by atoms with Crippen LogP contribution in [0.1, 0.15) is 19.4 Å². The van der Waals surface area contributed by atoms with Crippen molar-refractivity contribution in [1.29, 1.82) is 0 Å². The molecule has 0 fully saturated rings. The molecule has 0 aliphatic carbocycles. The molecule has 2 aromatic carbocycles. The van der Waals surface area contributed by atoms with E-state index in [-0.39, 0.29) is 30.4 Å². The van der Waals surface area contributed by atoms with E-state index in [2.05, 4.69) is 26.0 Å². The molecular weight excluding hydrogens is 427 g/mol. The lowest BCUT2D eigenvalue weighted by atomic mass is 10.1. The Kier molecular flexibility index (Phi) is 6.55. The number of carbonyl (C=O) groups is 1. The van der Waals surface area contributed by atoms with Gasteiger partial charge in [-0.05, 0) is 61.9 Å². The highest BCUT2D eigenvalue weighted by Gasteiger charge is 2.21. The Balaban J connectivity index is 1.45.